The molecule has 156 valence electrons. The van der Waals surface area contributed by atoms with Gasteiger partial charge in [-0.15, -0.1) is 5.30 Å². The van der Waals surface area contributed by atoms with Crippen LogP contribution in [0.2, 0.25) is 0 Å². The zero-order valence-corrected chi connectivity index (χ0v) is 19.1. The Bertz CT molecular complexity index is 556. The Hall–Kier alpha value is -0.551. The third-order valence-corrected chi connectivity index (χ3v) is 9.56. The van der Waals surface area contributed by atoms with E-state index in [9.17, 15) is 0 Å². The number of nitrogens with zero attached hydrogens (tertiary/aromatic N) is 1. The summed E-state index contributed by atoms with van der Waals surface area (Å²) in [5.41, 5.74) is 3.54. The quantitative estimate of drug-likeness (QED) is 0.301. The molecule has 0 aliphatic heterocycles. The van der Waals surface area contributed by atoms with Crippen LogP contribution < -0.4 is 10.2 Å². The van der Waals surface area contributed by atoms with Crippen molar-refractivity contribution in [3.8, 4) is 0 Å². The molecule has 2 aromatic rings. The summed E-state index contributed by atoms with van der Waals surface area (Å²) in [5, 5.41) is 1.73. The first-order chi connectivity index (χ1) is 12.8. The fourth-order valence-corrected chi connectivity index (χ4v) is 8.75. The van der Waals surface area contributed by atoms with Gasteiger partial charge in [-0.2, -0.15) is 6.07 Å². The molecule has 2 aliphatic rings. The van der Waals surface area contributed by atoms with E-state index in [1.165, 1.54) is 69.9 Å². The Morgan fingerprint density at radius 3 is 1.67 bits per heavy atom. The maximum atomic E-state index is 2.46. The van der Waals surface area contributed by atoms with Crippen LogP contribution in [0.1, 0.15) is 64.2 Å². The summed E-state index contributed by atoms with van der Waals surface area (Å²) in [4.78, 5) is 2.34. The third kappa shape index (κ3) is 6.49. The zero-order valence-electron chi connectivity index (χ0n) is 17.1. The first kappa shape index (κ1) is 22.7. The molecule has 0 bridgehead atoms. The monoisotopic (exact) mass is 425 g/mol. The molecule has 0 unspecified atom stereocenters. The maximum Gasteiger partial charge on any atom is 0 e. The van der Waals surface area contributed by atoms with Crippen LogP contribution in [0.5, 0.6) is 0 Å². The first-order valence-corrected chi connectivity index (χ1v) is 12.1. The molecule has 3 heteroatoms. The van der Waals surface area contributed by atoms with E-state index in [4.69, 9.17) is 0 Å². The molecule has 0 amide bonds. The Morgan fingerprint density at radius 2 is 1.26 bits per heavy atom. The van der Waals surface area contributed by atoms with Crippen LogP contribution in [-0.2, 0) is 17.1 Å². The fourth-order valence-electron chi connectivity index (χ4n) is 4.73. The Balaban J connectivity index is 0.000000379. The van der Waals surface area contributed by atoms with Gasteiger partial charge in [0.05, 0.1) is 0 Å². The summed E-state index contributed by atoms with van der Waals surface area (Å²) in [6, 6.07) is 17.1. The second-order valence-corrected chi connectivity index (χ2v) is 10.9. The smallest absolute Gasteiger partial charge is 0 e. The second kappa shape index (κ2) is 12.1. The Kier molecular flexibility index (Phi) is 10.2. The molecular formula is C24H36FeNP-6. The van der Waals surface area contributed by atoms with Crippen LogP contribution in [0.15, 0.2) is 48.5 Å². The van der Waals surface area contributed by atoms with Gasteiger partial charge in [0, 0.05) is 17.1 Å². The summed E-state index contributed by atoms with van der Waals surface area (Å²) >= 11 is 0. The van der Waals surface area contributed by atoms with Crippen molar-refractivity contribution < 1.29 is 17.1 Å². The summed E-state index contributed by atoms with van der Waals surface area (Å²) in [6.45, 7) is 0. The van der Waals surface area contributed by atoms with Gasteiger partial charge < -0.3 is 35.2 Å². The van der Waals surface area contributed by atoms with E-state index in [1.807, 2.05) is 30.3 Å². The molecule has 0 spiro atoms. The summed E-state index contributed by atoms with van der Waals surface area (Å²) < 4.78 is 0. The standard InChI is InChI=1S/C19H31NP.C5H5.Fe/c1-20(2)18-14-9-15-19(18)21(16-10-5-3-6-11-16)17-12-7-4-8-13-17;1-2-4-5-3-1;/h9,14-17H,3-8,10-13H2,1-2H3;1-5H;/q-1;-5;. The topological polar surface area (TPSA) is 3.24 Å². The molecule has 27 heavy (non-hydrogen) atoms. The summed E-state index contributed by atoms with van der Waals surface area (Å²) in [5.74, 6) is 0. The van der Waals surface area contributed by atoms with Crippen molar-refractivity contribution >= 4 is 18.9 Å². The molecule has 2 fully saturated rings. The van der Waals surface area contributed by atoms with Crippen LogP contribution in [0, 0.1) is 0 Å². The van der Waals surface area contributed by atoms with Gasteiger partial charge in [0.15, 0.2) is 0 Å². The average Bonchev–Trinajstić information content (AvgIpc) is 3.39. The van der Waals surface area contributed by atoms with Crippen molar-refractivity contribution in [2.45, 2.75) is 75.5 Å². The van der Waals surface area contributed by atoms with Gasteiger partial charge in [0.1, 0.15) is 0 Å². The molecular weight excluding hydrogens is 389 g/mol. The average molecular weight is 425 g/mol. The second-order valence-electron chi connectivity index (χ2n) is 8.14. The molecule has 0 N–H and O–H groups in total. The normalized spacial score (nSPS) is 18.5. The SMILES string of the molecule is CN(C)[c-]1cccc1P(C1CCCCC1)C1CCCCC1.[Fe].[cH-]1[cH-][cH-][cH-][cH-]1. The van der Waals surface area contributed by atoms with Crippen LogP contribution in [-0.4, -0.2) is 25.4 Å². The van der Waals surface area contributed by atoms with Gasteiger partial charge in [-0.05, 0) is 51.1 Å². The van der Waals surface area contributed by atoms with Crippen LogP contribution in [0.3, 0.4) is 0 Å². The van der Waals surface area contributed by atoms with Crippen LogP contribution in [0.4, 0.5) is 5.69 Å². The Morgan fingerprint density at radius 1 is 0.815 bits per heavy atom. The molecule has 1 nitrogen and oxygen atoms in total. The molecule has 4 rings (SSSR count). The molecule has 0 saturated heterocycles. The van der Waals surface area contributed by atoms with Gasteiger partial charge >= 0.3 is 0 Å². The van der Waals surface area contributed by atoms with Crippen LogP contribution >= 0.6 is 7.92 Å². The molecule has 0 aromatic heterocycles. The molecule has 0 atom stereocenters. The van der Waals surface area contributed by atoms with Gasteiger partial charge in [-0.25, -0.2) is 12.1 Å². The van der Waals surface area contributed by atoms with E-state index in [0.717, 1.165) is 11.3 Å². The van der Waals surface area contributed by atoms with Gasteiger partial charge in [0.25, 0.3) is 0 Å². The van der Waals surface area contributed by atoms with E-state index >= 15 is 0 Å². The van der Waals surface area contributed by atoms with Gasteiger partial charge in [-0.3, -0.25) is 0 Å². The number of hydrogen-bond acceptors (Lipinski definition) is 1. The minimum absolute atomic E-state index is 0. The minimum Gasteiger partial charge on any atom is -0.748 e. The van der Waals surface area contributed by atoms with Gasteiger partial charge in [-0.1, -0.05) is 52.1 Å². The molecule has 0 radical (unpaired) electrons. The molecule has 0 heterocycles. The van der Waals surface area contributed by atoms with Crippen molar-refractivity contribution in [2.24, 2.45) is 0 Å². The van der Waals surface area contributed by atoms with Crippen molar-refractivity contribution in [1.29, 1.82) is 0 Å². The third-order valence-electron chi connectivity index (χ3n) is 6.02. The number of anilines is 1. The number of hydrogen-bond donors (Lipinski definition) is 0. The van der Waals surface area contributed by atoms with Gasteiger partial charge in [0.2, 0.25) is 0 Å². The summed E-state index contributed by atoms with van der Waals surface area (Å²) in [6.07, 6.45) is 14.9. The van der Waals surface area contributed by atoms with E-state index in [1.54, 1.807) is 5.30 Å². The largest absolute Gasteiger partial charge is 0.748 e. The van der Waals surface area contributed by atoms with E-state index in [-0.39, 0.29) is 25.0 Å². The van der Waals surface area contributed by atoms with Crippen molar-refractivity contribution in [2.75, 3.05) is 19.0 Å². The van der Waals surface area contributed by atoms with E-state index in [0.29, 0.717) is 0 Å². The predicted molar refractivity (Wildman–Crippen MR) is 119 cm³/mol. The van der Waals surface area contributed by atoms with Crippen molar-refractivity contribution in [3.05, 3.63) is 48.5 Å². The zero-order chi connectivity index (χ0) is 18.2. The van der Waals surface area contributed by atoms with Crippen LogP contribution in [0.25, 0.3) is 0 Å². The van der Waals surface area contributed by atoms with E-state index in [2.05, 4.69) is 37.2 Å². The molecule has 2 aromatic carbocycles. The minimum atomic E-state index is 0. The fraction of sp³-hybridized carbons (Fsp3) is 0.583. The maximum absolute atomic E-state index is 2.46. The number of rotatable bonds is 4. The summed E-state index contributed by atoms with van der Waals surface area (Å²) in [7, 11) is 4.48. The predicted octanol–water partition coefficient (Wildman–Crippen LogP) is 6.65. The molecule has 2 aliphatic carbocycles. The first-order valence-electron chi connectivity index (χ1n) is 10.7. The van der Waals surface area contributed by atoms with Crippen molar-refractivity contribution in [1.82, 2.24) is 0 Å². The van der Waals surface area contributed by atoms with Crippen molar-refractivity contribution in [3.63, 3.8) is 0 Å². The van der Waals surface area contributed by atoms with E-state index < -0.39 is 0 Å². The Labute approximate surface area is 178 Å². The molecule has 2 saturated carbocycles.